The molecule has 2 aromatic rings. The fourth-order valence-electron chi connectivity index (χ4n) is 1.92. The van der Waals surface area contributed by atoms with Crippen LogP contribution in [-0.4, -0.2) is 14.2 Å². The van der Waals surface area contributed by atoms with Crippen LogP contribution in [0, 0.1) is 0 Å². The van der Waals surface area contributed by atoms with Gasteiger partial charge in [-0.3, -0.25) is 0 Å². The van der Waals surface area contributed by atoms with Crippen molar-refractivity contribution in [2.45, 2.75) is 6.54 Å². The Morgan fingerprint density at radius 3 is 2.50 bits per heavy atom. The number of anilines is 1. The predicted octanol–water partition coefficient (Wildman–Crippen LogP) is 4.62. The quantitative estimate of drug-likeness (QED) is 0.873. The van der Waals surface area contributed by atoms with Gasteiger partial charge in [-0.25, -0.2) is 0 Å². The first-order valence-electron chi connectivity index (χ1n) is 6.04. The zero-order chi connectivity index (χ0) is 14.5. The molecule has 106 valence electrons. The summed E-state index contributed by atoms with van der Waals surface area (Å²) < 4.78 is 10.7. The zero-order valence-electron chi connectivity index (χ0n) is 11.2. The fraction of sp³-hybridized carbons (Fsp3) is 0.200. The van der Waals surface area contributed by atoms with Gasteiger partial charge in [-0.15, -0.1) is 0 Å². The molecule has 2 aromatic carbocycles. The van der Waals surface area contributed by atoms with E-state index in [4.69, 9.17) is 32.7 Å². The lowest BCUT2D eigenvalue weighted by molar-refractivity contribution is 0.352. The smallest absolute Gasteiger partial charge is 0.165 e. The highest BCUT2D eigenvalue weighted by Crippen LogP contribution is 2.32. The van der Waals surface area contributed by atoms with E-state index in [1.165, 1.54) is 0 Å². The molecule has 0 saturated carbocycles. The maximum atomic E-state index is 6.13. The highest BCUT2D eigenvalue weighted by atomic mass is 35.5. The molecule has 0 unspecified atom stereocenters. The highest BCUT2D eigenvalue weighted by molar-refractivity contribution is 6.36. The van der Waals surface area contributed by atoms with Crippen molar-refractivity contribution in [2.75, 3.05) is 19.5 Å². The molecule has 2 rings (SSSR count). The Kier molecular flexibility index (Phi) is 4.99. The van der Waals surface area contributed by atoms with Gasteiger partial charge in [0.1, 0.15) is 0 Å². The summed E-state index contributed by atoms with van der Waals surface area (Å²) in [5.41, 5.74) is 1.80. The summed E-state index contributed by atoms with van der Waals surface area (Å²) in [6.07, 6.45) is 0. The number of hydrogen-bond acceptors (Lipinski definition) is 3. The summed E-state index contributed by atoms with van der Waals surface area (Å²) in [5, 5.41) is 4.45. The number of ether oxygens (including phenoxy) is 2. The van der Waals surface area contributed by atoms with Gasteiger partial charge < -0.3 is 14.8 Å². The first-order chi connectivity index (χ1) is 9.65. The minimum absolute atomic E-state index is 0.571. The molecule has 0 radical (unpaired) electrons. The largest absolute Gasteiger partial charge is 0.493 e. The van der Waals surface area contributed by atoms with Crippen LogP contribution in [0.1, 0.15) is 5.56 Å². The van der Waals surface area contributed by atoms with Crippen molar-refractivity contribution in [2.24, 2.45) is 0 Å². The second-order valence-corrected chi connectivity index (χ2v) is 4.97. The summed E-state index contributed by atoms with van der Waals surface area (Å²) in [6.45, 7) is 0.571. The molecule has 0 aliphatic rings. The number of rotatable bonds is 5. The second kappa shape index (κ2) is 6.73. The van der Waals surface area contributed by atoms with E-state index < -0.39 is 0 Å². The van der Waals surface area contributed by atoms with Crippen molar-refractivity contribution in [3.05, 3.63) is 52.0 Å². The summed E-state index contributed by atoms with van der Waals surface area (Å²) in [5.74, 6) is 1.42. The molecular formula is C15H15Cl2NO2. The molecule has 1 N–H and O–H groups in total. The predicted molar refractivity (Wildman–Crippen MR) is 83.3 cm³/mol. The molecule has 3 nitrogen and oxygen atoms in total. The molecule has 0 aromatic heterocycles. The van der Waals surface area contributed by atoms with E-state index in [1.807, 2.05) is 24.3 Å². The zero-order valence-corrected chi connectivity index (χ0v) is 12.8. The van der Waals surface area contributed by atoms with E-state index >= 15 is 0 Å². The molecule has 0 bridgehead atoms. The summed E-state index contributed by atoms with van der Waals surface area (Å²) in [7, 11) is 3.24. The van der Waals surface area contributed by atoms with Crippen LogP contribution in [0.5, 0.6) is 11.5 Å². The second-order valence-electron chi connectivity index (χ2n) is 4.13. The SMILES string of the molecule is COc1cccc(CNc2ccc(Cl)cc2Cl)c1OC. The monoisotopic (exact) mass is 311 g/mol. The minimum atomic E-state index is 0.571. The standard InChI is InChI=1S/C15H15Cl2NO2/c1-19-14-5-3-4-10(15(14)20-2)9-18-13-7-6-11(16)8-12(13)17/h3-8,18H,9H2,1-2H3. The summed E-state index contributed by atoms with van der Waals surface area (Å²) in [4.78, 5) is 0. The molecule has 0 amide bonds. The number of methoxy groups -OCH3 is 2. The third kappa shape index (κ3) is 3.30. The molecule has 5 heteroatoms. The van der Waals surface area contributed by atoms with Crippen molar-refractivity contribution in [1.29, 1.82) is 0 Å². The van der Waals surface area contributed by atoms with Crippen LogP contribution in [0.4, 0.5) is 5.69 Å². The van der Waals surface area contributed by atoms with Crippen LogP contribution >= 0.6 is 23.2 Å². The lowest BCUT2D eigenvalue weighted by Gasteiger charge is -2.14. The molecule has 0 aliphatic carbocycles. The molecular weight excluding hydrogens is 297 g/mol. The summed E-state index contributed by atoms with van der Waals surface area (Å²) >= 11 is 12.0. The third-order valence-electron chi connectivity index (χ3n) is 2.88. The van der Waals surface area contributed by atoms with Gasteiger partial charge in [0.25, 0.3) is 0 Å². The molecule has 0 aliphatic heterocycles. The number of hydrogen-bond donors (Lipinski definition) is 1. The van der Waals surface area contributed by atoms with Crippen molar-refractivity contribution in [1.82, 2.24) is 0 Å². The van der Waals surface area contributed by atoms with Crippen molar-refractivity contribution < 1.29 is 9.47 Å². The Labute approximate surface area is 128 Å². The number of benzene rings is 2. The Bertz CT molecular complexity index is 602. The van der Waals surface area contributed by atoms with Crippen LogP contribution < -0.4 is 14.8 Å². The Balaban J connectivity index is 2.18. The third-order valence-corrected chi connectivity index (χ3v) is 3.43. The van der Waals surface area contributed by atoms with E-state index in [2.05, 4.69) is 5.32 Å². The number of para-hydroxylation sites is 1. The van der Waals surface area contributed by atoms with Gasteiger partial charge in [-0.05, 0) is 24.3 Å². The molecule has 0 saturated heterocycles. The Morgan fingerprint density at radius 2 is 1.85 bits per heavy atom. The average Bonchev–Trinajstić information content (AvgIpc) is 2.45. The van der Waals surface area contributed by atoms with Crippen LogP contribution in [0.25, 0.3) is 0 Å². The van der Waals surface area contributed by atoms with Crippen molar-refractivity contribution in [3.8, 4) is 11.5 Å². The molecule has 0 heterocycles. The molecule has 0 spiro atoms. The van der Waals surface area contributed by atoms with Crippen LogP contribution in [0.15, 0.2) is 36.4 Å². The van der Waals surface area contributed by atoms with Gasteiger partial charge in [-0.2, -0.15) is 0 Å². The Hall–Kier alpha value is -1.58. The first-order valence-corrected chi connectivity index (χ1v) is 6.80. The van der Waals surface area contributed by atoms with E-state index in [9.17, 15) is 0 Å². The number of nitrogens with one attached hydrogen (secondary N) is 1. The van der Waals surface area contributed by atoms with Crippen LogP contribution in [0.3, 0.4) is 0 Å². The van der Waals surface area contributed by atoms with Gasteiger partial charge in [-0.1, -0.05) is 35.3 Å². The number of halogens is 2. The highest BCUT2D eigenvalue weighted by Gasteiger charge is 2.09. The van der Waals surface area contributed by atoms with Gasteiger partial charge in [0, 0.05) is 17.1 Å². The van der Waals surface area contributed by atoms with E-state index in [1.54, 1.807) is 26.4 Å². The average molecular weight is 312 g/mol. The van der Waals surface area contributed by atoms with Crippen molar-refractivity contribution in [3.63, 3.8) is 0 Å². The minimum Gasteiger partial charge on any atom is -0.493 e. The summed E-state index contributed by atoms with van der Waals surface area (Å²) in [6, 6.07) is 11.1. The van der Waals surface area contributed by atoms with Gasteiger partial charge in [0.05, 0.1) is 24.9 Å². The Morgan fingerprint density at radius 1 is 1.05 bits per heavy atom. The van der Waals surface area contributed by atoms with E-state index in [0.29, 0.717) is 28.1 Å². The van der Waals surface area contributed by atoms with E-state index in [0.717, 1.165) is 11.3 Å². The normalized spacial score (nSPS) is 10.2. The fourth-order valence-corrected chi connectivity index (χ4v) is 2.39. The molecule has 0 atom stereocenters. The molecule has 20 heavy (non-hydrogen) atoms. The van der Waals surface area contributed by atoms with Crippen molar-refractivity contribution >= 4 is 28.9 Å². The van der Waals surface area contributed by atoms with Gasteiger partial charge in [0.2, 0.25) is 0 Å². The topological polar surface area (TPSA) is 30.5 Å². The molecule has 0 fully saturated rings. The van der Waals surface area contributed by atoms with Crippen LogP contribution in [-0.2, 0) is 6.54 Å². The maximum absolute atomic E-state index is 6.13. The van der Waals surface area contributed by atoms with Gasteiger partial charge >= 0.3 is 0 Å². The van der Waals surface area contributed by atoms with Crippen LogP contribution in [0.2, 0.25) is 10.0 Å². The maximum Gasteiger partial charge on any atom is 0.165 e. The lowest BCUT2D eigenvalue weighted by atomic mass is 10.1. The first kappa shape index (κ1) is 14.8. The lowest BCUT2D eigenvalue weighted by Crippen LogP contribution is -2.03. The van der Waals surface area contributed by atoms with E-state index in [-0.39, 0.29) is 0 Å². The van der Waals surface area contributed by atoms with Gasteiger partial charge in [0.15, 0.2) is 11.5 Å².